The maximum absolute atomic E-state index is 5.79. The van der Waals surface area contributed by atoms with E-state index >= 15 is 0 Å². The minimum absolute atomic E-state index is 0.549. The maximum Gasteiger partial charge on any atom is 0.0767 e. The first-order valence-corrected chi connectivity index (χ1v) is 6.72. The fourth-order valence-electron chi connectivity index (χ4n) is 2.80. The molecule has 0 radical (unpaired) electrons. The van der Waals surface area contributed by atoms with Crippen LogP contribution >= 0.6 is 0 Å². The second-order valence-electron chi connectivity index (χ2n) is 4.90. The highest BCUT2D eigenvalue weighted by Crippen LogP contribution is 2.29. The molecule has 1 aromatic carbocycles. The van der Waals surface area contributed by atoms with Gasteiger partial charge in [-0.1, -0.05) is 18.2 Å². The lowest BCUT2D eigenvalue weighted by molar-refractivity contribution is 0.579. The minimum atomic E-state index is 0.549. The molecule has 1 aromatic heterocycles. The Morgan fingerprint density at radius 3 is 2.72 bits per heavy atom. The average Bonchev–Trinajstić information content (AvgIpc) is 2.47. The second kappa shape index (κ2) is 4.94. The fourth-order valence-corrected chi connectivity index (χ4v) is 2.80. The number of para-hydroxylation sites is 1. The standard InChI is InChI=1S/C15H19N3/c16-11-12-5-4-6-13-14(7-8-17-15(12)13)18-9-2-1-3-10-18/h4-8H,1-3,9-11,16H2. The normalized spacial score (nSPS) is 16.2. The summed E-state index contributed by atoms with van der Waals surface area (Å²) >= 11 is 0. The van der Waals surface area contributed by atoms with Crippen molar-refractivity contribution in [2.45, 2.75) is 25.8 Å². The molecule has 0 atom stereocenters. The first kappa shape index (κ1) is 11.5. The number of nitrogens with two attached hydrogens (primary N) is 1. The molecule has 1 fully saturated rings. The number of anilines is 1. The molecule has 3 rings (SSSR count). The van der Waals surface area contributed by atoms with Gasteiger partial charge in [0.15, 0.2) is 0 Å². The SMILES string of the molecule is NCc1cccc2c(N3CCCCC3)ccnc12. The summed E-state index contributed by atoms with van der Waals surface area (Å²) in [5.74, 6) is 0. The predicted molar refractivity (Wildman–Crippen MR) is 75.7 cm³/mol. The van der Waals surface area contributed by atoms with E-state index in [4.69, 9.17) is 5.73 Å². The number of hydrogen-bond acceptors (Lipinski definition) is 3. The molecule has 1 aliphatic rings. The molecule has 0 bridgehead atoms. The molecule has 3 nitrogen and oxygen atoms in total. The third-order valence-electron chi connectivity index (χ3n) is 3.75. The van der Waals surface area contributed by atoms with Crippen molar-refractivity contribution < 1.29 is 0 Å². The Labute approximate surface area is 108 Å². The van der Waals surface area contributed by atoms with E-state index in [9.17, 15) is 0 Å². The summed E-state index contributed by atoms with van der Waals surface area (Å²) in [5, 5.41) is 1.24. The van der Waals surface area contributed by atoms with E-state index in [2.05, 4.69) is 34.1 Å². The highest BCUT2D eigenvalue weighted by molar-refractivity contribution is 5.93. The Morgan fingerprint density at radius 1 is 1.11 bits per heavy atom. The third kappa shape index (κ3) is 1.95. The van der Waals surface area contributed by atoms with E-state index in [0.717, 1.165) is 24.2 Å². The summed E-state index contributed by atoms with van der Waals surface area (Å²) < 4.78 is 0. The van der Waals surface area contributed by atoms with Crippen LogP contribution in [-0.4, -0.2) is 18.1 Å². The van der Waals surface area contributed by atoms with Crippen molar-refractivity contribution in [1.29, 1.82) is 0 Å². The van der Waals surface area contributed by atoms with Gasteiger partial charge in [0.25, 0.3) is 0 Å². The van der Waals surface area contributed by atoms with Gasteiger partial charge in [0.2, 0.25) is 0 Å². The number of hydrogen-bond donors (Lipinski definition) is 1. The lowest BCUT2D eigenvalue weighted by Gasteiger charge is -2.29. The number of fused-ring (bicyclic) bond motifs is 1. The van der Waals surface area contributed by atoms with Crippen molar-refractivity contribution in [1.82, 2.24) is 4.98 Å². The van der Waals surface area contributed by atoms with Crippen LogP contribution in [0.25, 0.3) is 10.9 Å². The van der Waals surface area contributed by atoms with Gasteiger partial charge in [0, 0.05) is 36.9 Å². The molecule has 2 N–H and O–H groups in total. The van der Waals surface area contributed by atoms with Crippen molar-refractivity contribution in [3.8, 4) is 0 Å². The van der Waals surface area contributed by atoms with E-state index in [1.54, 1.807) is 0 Å². The summed E-state index contributed by atoms with van der Waals surface area (Å²) in [5.41, 5.74) is 9.29. The number of piperidine rings is 1. The average molecular weight is 241 g/mol. The van der Waals surface area contributed by atoms with Crippen LogP contribution in [0.4, 0.5) is 5.69 Å². The molecule has 0 aliphatic carbocycles. The van der Waals surface area contributed by atoms with E-state index in [-0.39, 0.29) is 0 Å². The van der Waals surface area contributed by atoms with Gasteiger partial charge in [-0.25, -0.2) is 0 Å². The van der Waals surface area contributed by atoms with Crippen molar-refractivity contribution in [3.63, 3.8) is 0 Å². The van der Waals surface area contributed by atoms with Crippen LogP contribution in [0.5, 0.6) is 0 Å². The van der Waals surface area contributed by atoms with Crippen molar-refractivity contribution in [2.24, 2.45) is 5.73 Å². The number of nitrogens with zero attached hydrogens (tertiary/aromatic N) is 2. The van der Waals surface area contributed by atoms with Crippen molar-refractivity contribution >= 4 is 16.6 Å². The van der Waals surface area contributed by atoms with Gasteiger partial charge < -0.3 is 10.6 Å². The maximum atomic E-state index is 5.79. The quantitative estimate of drug-likeness (QED) is 0.879. The van der Waals surface area contributed by atoms with E-state index in [1.165, 1.54) is 30.3 Å². The highest BCUT2D eigenvalue weighted by Gasteiger charge is 2.14. The molecule has 1 aliphatic heterocycles. The summed E-state index contributed by atoms with van der Waals surface area (Å²) in [6.45, 7) is 2.87. The lowest BCUT2D eigenvalue weighted by atomic mass is 10.1. The number of aromatic nitrogens is 1. The molecular formula is C15H19N3. The molecule has 0 saturated carbocycles. The fraction of sp³-hybridized carbons (Fsp3) is 0.400. The molecule has 1 saturated heterocycles. The van der Waals surface area contributed by atoms with Crippen LogP contribution < -0.4 is 10.6 Å². The third-order valence-corrected chi connectivity index (χ3v) is 3.75. The highest BCUT2D eigenvalue weighted by atomic mass is 15.1. The van der Waals surface area contributed by atoms with Crippen molar-refractivity contribution in [2.75, 3.05) is 18.0 Å². The molecule has 0 unspecified atom stereocenters. The number of rotatable bonds is 2. The Balaban J connectivity index is 2.11. The molecular weight excluding hydrogens is 222 g/mol. The van der Waals surface area contributed by atoms with Gasteiger partial charge in [-0.3, -0.25) is 4.98 Å². The first-order chi connectivity index (χ1) is 8.90. The number of pyridine rings is 1. The van der Waals surface area contributed by atoms with Gasteiger partial charge in [0.1, 0.15) is 0 Å². The van der Waals surface area contributed by atoms with E-state index in [1.807, 2.05) is 6.20 Å². The molecule has 3 heteroatoms. The van der Waals surface area contributed by atoms with Crippen LogP contribution in [0, 0.1) is 0 Å². The van der Waals surface area contributed by atoms with Gasteiger partial charge in [-0.2, -0.15) is 0 Å². The molecule has 18 heavy (non-hydrogen) atoms. The molecule has 2 aromatic rings. The second-order valence-corrected chi connectivity index (χ2v) is 4.90. The van der Waals surface area contributed by atoms with Crippen molar-refractivity contribution in [3.05, 3.63) is 36.0 Å². The largest absolute Gasteiger partial charge is 0.371 e. The zero-order chi connectivity index (χ0) is 12.4. The number of benzene rings is 1. The lowest BCUT2D eigenvalue weighted by Crippen LogP contribution is -2.29. The van der Waals surface area contributed by atoms with Gasteiger partial charge >= 0.3 is 0 Å². The molecule has 0 spiro atoms. The van der Waals surface area contributed by atoms with Crippen LogP contribution in [0.3, 0.4) is 0 Å². The van der Waals surface area contributed by atoms with E-state index < -0.39 is 0 Å². The minimum Gasteiger partial charge on any atom is -0.371 e. The van der Waals surface area contributed by atoms with Crippen LogP contribution in [0.1, 0.15) is 24.8 Å². The van der Waals surface area contributed by atoms with Crippen LogP contribution in [0.15, 0.2) is 30.5 Å². The summed E-state index contributed by atoms with van der Waals surface area (Å²) in [4.78, 5) is 6.98. The van der Waals surface area contributed by atoms with Gasteiger partial charge in [-0.15, -0.1) is 0 Å². The zero-order valence-corrected chi connectivity index (χ0v) is 10.6. The predicted octanol–water partition coefficient (Wildman–Crippen LogP) is 2.68. The molecule has 94 valence electrons. The van der Waals surface area contributed by atoms with Crippen LogP contribution in [0.2, 0.25) is 0 Å². The Morgan fingerprint density at radius 2 is 1.94 bits per heavy atom. The summed E-state index contributed by atoms with van der Waals surface area (Å²) in [6.07, 6.45) is 5.85. The van der Waals surface area contributed by atoms with E-state index in [0.29, 0.717) is 6.54 Å². The Hall–Kier alpha value is -1.61. The zero-order valence-electron chi connectivity index (χ0n) is 10.6. The Bertz CT molecular complexity index is 544. The first-order valence-electron chi connectivity index (χ1n) is 6.72. The smallest absolute Gasteiger partial charge is 0.0767 e. The van der Waals surface area contributed by atoms with Gasteiger partial charge in [-0.05, 0) is 30.9 Å². The topological polar surface area (TPSA) is 42.1 Å². The summed E-state index contributed by atoms with van der Waals surface area (Å²) in [7, 11) is 0. The van der Waals surface area contributed by atoms with Gasteiger partial charge in [0.05, 0.1) is 5.52 Å². The molecule has 0 amide bonds. The monoisotopic (exact) mass is 241 g/mol. The molecule has 2 heterocycles. The Kier molecular flexibility index (Phi) is 3.15. The summed E-state index contributed by atoms with van der Waals surface area (Å²) in [6, 6.07) is 8.44. The van der Waals surface area contributed by atoms with Crippen LogP contribution in [-0.2, 0) is 6.54 Å².